The van der Waals surface area contributed by atoms with Crippen LogP contribution < -0.4 is 4.74 Å². The summed E-state index contributed by atoms with van der Waals surface area (Å²) in [5.41, 5.74) is 0. The topological polar surface area (TPSA) is 52.6 Å². The van der Waals surface area contributed by atoms with E-state index in [4.69, 9.17) is 9.47 Å². The van der Waals surface area contributed by atoms with Crippen LogP contribution in [0.4, 0.5) is 0 Å². The van der Waals surface area contributed by atoms with Gasteiger partial charge in [0.25, 0.3) is 0 Å². The summed E-state index contributed by atoms with van der Waals surface area (Å²) in [6.45, 7) is 2.77. The maximum atomic E-state index is 11.5. The van der Waals surface area contributed by atoms with Gasteiger partial charge in [-0.1, -0.05) is 28.9 Å². The van der Waals surface area contributed by atoms with Crippen LogP contribution in [0.1, 0.15) is 19.8 Å². The highest BCUT2D eigenvalue weighted by Gasteiger charge is 2.42. The van der Waals surface area contributed by atoms with Crippen LogP contribution in [0.25, 0.3) is 0 Å². The van der Waals surface area contributed by atoms with Crippen LogP contribution in [-0.2, 0) is 14.6 Å². The Balaban J connectivity index is 2.03. The first-order valence-corrected chi connectivity index (χ1v) is 9.45. The second kappa shape index (κ2) is 6.45. The molecule has 1 aromatic rings. The number of ether oxygens (including phenoxy) is 2. The Bertz CT molecular complexity index is 558. The Morgan fingerprint density at radius 3 is 2.75 bits per heavy atom. The van der Waals surface area contributed by atoms with Crippen LogP contribution in [0.15, 0.2) is 29.2 Å². The molecule has 0 aliphatic heterocycles. The molecule has 1 fully saturated rings. The van der Waals surface area contributed by atoms with E-state index in [9.17, 15) is 8.42 Å². The van der Waals surface area contributed by atoms with E-state index in [1.165, 1.54) is 6.26 Å². The predicted octanol–water partition coefficient (Wildman–Crippen LogP) is 2.80. The minimum Gasteiger partial charge on any atom is -0.488 e. The highest BCUT2D eigenvalue weighted by atomic mass is 79.9. The SMILES string of the molecule is CCCOC1C(Br)CC1Oc1cccc(S(C)(=O)=O)c1. The molecule has 1 aromatic carbocycles. The van der Waals surface area contributed by atoms with Gasteiger partial charge in [-0.25, -0.2) is 8.42 Å². The molecule has 20 heavy (non-hydrogen) atoms. The summed E-state index contributed by atoms with van der Waals surface area (Å²) in [6.07, 6.45) is 3.01. The zero-order valence-electron chi connectivity index (χ0n) is 11.6. The summed E-state index contributed by atoms with van der Waals surface area (Å²) in [4.78, 5) is 0.577. The molecule has 3 atom stereocenters. The first kappa shape index (κ1) is 15.8. The highest BCUT2D eigenvalue weighted by Crippen LogP contribution is 2.34. The van der Waals surface area contributed by atoms with Gasteiger partial charge in [-0.05, 0) is 24.6 Å². The van der Waals surface area contributed by atoms with Crippen molar-refractivity contribution in [2.75, 3.05) is 12.9 Å². The van der Waals surface area contributed by atoms with Crippen molar-refractivity contribution < 1.29 is 17.9 Å². The predicted molar refractivity (Wildman–Crippen MR) is 81.3 cm³/mol. The molecule has 0 spiro atoms. The third-order valence-corrected chi connectivity index (χ3v) is 5.22. The Kier molecular flexibility index (Phi) is 5.09. The standard InChI is InChI=1S/C14H19BrO4S/c1-3-7-18-14-12(15)9-13(14)19-10-5-4-6-11(8-10)20(2,16)17/h4-6,8,12-14H,3,7,9H2,1-2H3. The van der Waals surface area contributed by atoms with E-state index in [0.717, 1.165) is 12.8 Å². The van der Waals surface area contributed by atoms with Crippen molar-refractivity contribution in [2.24, 2.45) is 0 Å². The lowest BCUT2D eigenvalue weighted by Gasteiger charge is -2.40. The van der Waals surface area contributed by atoms with Crippen LogP contribution in [0, 0.1) is 0 Å². The lowest BCUT2D eigenvalue weighted by atomic mass is 9.91. The van der Waals surface area contributed by atoms with E-state index in [1.807, 2.05) is 0 Å². The van der Waals surface area contributed by atoms with Crippen molar-refractivity contribution in [3.8, 4) is 5.75 Å². The molecule has 4 nitrogen and oxygen atoms in total. The van der Waals surface area contributed by atoms with Gasteiger partial charge in [-0.2, -0.15) is 0 Å². The van der Waals surface area contributed by atoms with Gasteiger partial charge in [-0.3, -0.25) is 0 Å². The fraction of sp³-hybridized carbons (Fsp3) is 0.571. The van der Waals surface area contributed by atoms with Crippen molar-refractivity contribution in [1.29, 1.82) is 0 Å². The van der Waals surface area contributed by atoms with Crippen molar-refractivity contribution >= 4 is 25.8 Å². The zero-order chi connectivity index (χ0) is 14.8. The van der Waals surface area contributed by atoms with Crippen molar-refractivity contribution in [1.82, 2.24) is 0 Å². The van der Waals surface area contributed by atoms with Crippen LogP contribution in [0.2, 0.25) is 0 Å². The smallest absolute Gasteiger partial charge is 0.175 e. The third-order valence-electron chi connectivity index (χ3n) is 3.22. The average Bonchev–Trinajstić information content (AvgIpc) is 2.38. The van der Waals surface area contributed by atoms with E-state index in [-0.39, 0.29) is 17.1 Å². The number of rotatable bonds is 6. The van der Waals surface area contributed by atoms with Gasteiger partial charge >= 0.3 is 0 Å². The minimum atomic E-state index is -3.21. The minimum absolute atomic E-state index is 0.0249. The average molecular weight is 363 g/mol. The maximum absolute atomic E-state index is 11.5. The van der Waals surface area contributed by atoms with Gasteiger partial charge in [0, 0.05) is 24.1 Å². The van der Waals surface area contributed by atoms with E-state index in [0.29, 0.717) is 17.2 Å². The second-order valence-electron chi connectivity index (χ2n) is 4.99. The normalized spacial score (nSPS) is 26.1. The molecule has 0 heterocycles. The zero-order valence-corrected chi connectivity index (χ0v) is 14.0. The number of sulfone groups is 1. The number of halogens is 1. The molecule has 1 saturated carbocycles. The molecular weight excluding hydrogens is 344 g/mol. The van der Waals surface area contributed by atoms with Gasteiger partial charge in [0.15, 0.2) is 9.84 Å². The lowest BCUT2D eigenvalue weighted by Crippen LogP contribution is -2.52. The number of benzene rings is 1. The van der Waals surface area contributed by atoms with Gasteiger partial charge in [0.05, 0.1) is 4.90 Å². The molecule has 0 radical (unpaired) electrons. The van der Waals surface area contributed by atoms with Gasteiger partial charge in [0.2, 0.25) is 0 Å². The molecule has 0 N–H and O–H groups in total. The van der Waals surface area contributed by atoms with Crippen molar-refractivity contribution in [3.63, 3.8) is 0 Å². The van der Waals surface area contributed by atoms with E-state index < -0.39 is 9.84 Å². The molecular formula is C14H19BrO4S. The molecule has 0 aromatic heterocycles. The first-order chi connectivity index (χ1) is 9.41. The molecule has 1 aliphatic carbocycles. The Morgan fingerprint density at radius 2 is 2.15 bits per heavy atom. The number of alkyl halides is 1. The van der Waals surface area contributed by atoms with Crippen molar-refractivity contribution in [2.45, 2.75) is 41.7 Å². The molecule has 0 saturated heterocycles. The molecule has 2 rings (SSSR count). The number of hydrogen-bond acceptors (Lipinski definition) is 4. The molecule has 3 unspecified atom stereocenters. The molecule has 6 heteroatoms. The molecule has 112 valence electrons. The molecule has 0 amide bonds. The summed E-state index contributed by atoms with van der Waals surface area (Å²) in [5, 5.41) is 0. The monoisotopic (exact) mass is 362 g/mol. The van der Waals surface area contributed by atoms with Crippen LogP contribution in [-0.4, -0.2) is 38.3 Å². The van der Waals surface area contributed by atoms with E-state index >= 15 is 0 Å². The van der Waals surface area contributed by atoms with E-state index in [1.54, 1.807) is 24.3 Å². The van der Waals surface area contributed by atoms with Gasteiger partial charge in [0.1, 0.15) is 18.0 Å². The van der Waals surface area contributed by atoms with E-state index in [2.05, 4.69) is 22.9 Å². The molecule has 1 aliphatic rings. The van der Waals surface area contributed by atoms with Crippen LogP contribution in [0.3, 0.4) is 0 Å². The van der Waals surface area contributed by atoms with Gasteiger partial charge < -0.3 is 9.47 Å². The summed E-state index contributed by atoms with van der Waals surface area (Å²) in [6, 6.07) is 6.60. The largest absolute Gasteiger partial charge is 0.488 e. The quantitative estimate of drug-likeness (QED) is 0.730. The third kappa shape index (κ3) is 3.74. The Hall–Kier alpha value is -0.590. The van der Waals surface area contributed by atoms with Crippen LogP contribution >= 0.6 is 15.9 Å². The highest BCUT2D eigenvalue weighted by molar-refractivity contribution is 9.09. The lowest BCUT2D eigenvalue weighted by molar-refractivity contribution is -0.0762. The summed E-state index contributed by atoms with van der Waals surface area (Å²) in [5.74, 6) is 0.572. The second-order valence-corrected chi connectivity index (χ2v) is 8.18. The van der Waals surface area contributed by atoms with Gasteiger partial charge in [-0.15, -0.1) is 0 Å². The fourth-order valence-corrected chi connectivity index (χ4v) is 3.58. The number of hydrogen-bond donors (Lipinski definition) is 0. The Morgan fingerprint density at radius 1 is 1.40 bits per heavy atom. The Labute approximate surface area is 128 Å². The summed E-state index contributed by atoms with van der Waals surface area (Å²) >= 11 is 3.56. The molecule has 0 bridgehead atoms. The first-order valence-electron chi connectivity index (χ1n) is 6.64. The fourth-order valence-electron chi connectivity index (χ4n) is 2.06. The summed E-state index contributed by atoms with van der Waals surface area (Å²) in [7, 11) is -3.21. The maximum Gasteiger partial charge on any atom is 0.175 e. The van der Waals surface area contributed by atoms with Crippen LogP contribution in [0.5, 0.6) is 5.75 Å². The van der Waals surface area contributed by atoms with Crippen molar-refractivity contribution in [3.05, 3.63) is 24.3 Å². The summed E-state index contributed by atoms with van der Waals surface area (Å²) < 4.78 is 34.6.